The van der Waals surface area contributed by atoms with Crippen molar-refractivity contribution in [3.63, 3.8) is 0 Å². The summed E-state index contributed by atoms with van der Waals surface area (Å²) in [6, 6.07) is 0. The van der Waals surface area contributed by atoms with Gasteiger partial charge in [-0.2, -0.15) is 0 Å². The lowest BCUT2D eigenvalue weighted by molar-refractivity contribution is 0.0536. The zero-order valence-corrected chi connectivity index (χ0v) is 7.89. The molecule has 0 amide bonds. The highest BCUT2D eigenvalue weighted by Crippen LogP contribution is 2.14. The molecule has 0 radical (unpaired) electrons. The lowest BCUT2D eigenvalue weighted by atomic mass is 10.0. The van der Waals surface area contributed by atoms with Gasteiger partial charge in [-0.1, -0.05) is 6.92 Å². The van der Waals surface area contributed by atoms with Gasteiger partial charge in [-0.25, -0.2) is 0 Å². The highest BCUT2D eigenvalue weighted by Gasteiger charge is 2.28. The average Bonchev–Trinajstić information content (AvgIpc) is 2.48. The molecule has 2 unspecified atom stereocenters. The second-order valence-electron chi connectivity index (χ2n) is 3.36. The number of hydrogen-bond acceptors (Lipinski definition) is 3. The first-order chi connectivity index (χ1) is 5.75. The minimum Gasteiger partial charge on any atom is -0.376 e. The van der Waals surface area contributed by atoms with E-state index in [1.165, 1.54) is 0 Å². The Labute approximate surface area is 74.0 Å². The van der Waals surface area contributed by atoms with Crippen molar-refractivity contribution < 1.29 is 4.74 Å². The van der Waals surface area contributed by atoms with Crippen LogP contribution in [0.25, 0.3) is 0 Å². The van der Waals surface area contributed by atoms with Crippen LogP contribution in [0.1, 0.15) is 20.3 Å². The fourth-order valence-corrected chi connectivity index (χ4v) is 1.53. The van der Waals surface area contributed by atoms with E-state index in [1.54, 1.807) is 0 Å². The SMILES string of the molecule is CCCOC1CNCC1C(C)=N. The Kier molecular flexibility index (Phi) is 3.69. The van der Waals surface area contributed by atoms with Gasteiger partial charge in [0.2, 0.25) is 0 Å². The Bertz CT molecular complexity index is 159. The lowest BCUT2D eigenvalue weighted by Crippen LogP contribution is -2.27. The molecule has 12 heavy (non-hydrogen) atoms. The monoisotopic (exact) mass is 170 g/mol. The molecule has 0 bridgehead atoms. The van der Waals surface area contributed by atoms with Gasteiger partial charge in [0.25, 0.3) is 0 Å². The zero-order valence-electron chi connectivity index (χ0n) is 7.89. The maximum absolute atomic E-state index is 7.54. The lowest BCUT2D eigenvalue weighted by Gasteiger charge is -2.17. The summed E-state index contributed by atoms with van der Waals surface area (Å²) in [5.74, 6) is 0.302. The molecule has 0 spiro atoms. The van der Waals surface area contributed by atoms with Gasteiger partial charge in [-0.3, -0.25) is 0 Å². The number of rotatable bonds is 4. The first kappa shape index (κ1) is 9.68. The van der Waals surface area contributed by atoms with Crippen LogP contribution in [-0.4, -0.2) is 31.5 Å². The third kappa shape index (κ3) is 2.29. The second kappa shape index (κ2) is 4.58. The minimum absolute atomic E-state index is 0.238. The van der Waals surface area contributed by atoms with Crippen molar-refractivity contribution in [1.82, 2.24) is 5.32 Å². The largest absolute Gasteiger partial charge is 0.376 e. The van der Waals surface area contributed by atoms with Crippen molar-refractivity contribution in [3.05, 3.63) is 0 Å². The van der Waals surface area contributed by atoms with Gasteiger partial charge in [0.1, 0.15) is 0 Å². The van der Waals surface area contributed by atoms with Crippen LogP contribution < -0.4 is 5.32 Å². The smallest absolute Gasteiger partial charge is 0.0791 e. The molecule has 3 heteroatoms. The van der Waals surface area contributed by atoms with E-state index < -0.39 is 0 Å². The third-order valence-corrected chi connectivity index (χ3v) is 2.25. The van der Waals surface area contributed by atoms with E-state index in [2.05, 4.69) is 12.2 Å². The molecular formula is C9H18N2O. The first-order valence-electron chi connectivity index (χ1n) is 4.63. The van der Waals surface area contributed by atoms with Gasteiger partial charge in [0.05, 0.1) is 6.10 Å². The van der Waals surface area contributed by atoms with E-state index in [4.69, 9.17) is 10.1 Å². The maximum atomic E-state index is 7.54. The fraction of sp³-hybridized carbons (Fsp3) is 0.889. The Hall–Kier alpha value is -0.410. The van der Waals surface area contributed by atoms with Gasteiger partial charge in [-0.05, 0) is 13.3 Å². The summed E-state index contributed by atoms with van der Waals surface area (Å²) >= 11 is 0. The van der Waals surface area contributed by atoms with E-state index in [0.717, 1.165) is 31.8 Å². The number of ether oxygens (including phenoxy) is 1. The third-order valence-electron chi connectivity index (χ3n) is 2.25. The summed E-state index contributed by atoms with van der Waals surface area (Å²) in [5.41, 5.74) is 0.737. The summed E-state index contributed by atoms with van der Waals surface area (Å²) in [4.78, 5) is 0. The molecule has 1 rings (SSSR count). The van der Waals surface area contributed by atoms with E-state index in [1.807, 2.05) is 6.92 Å². The van der Waals surface area contributed by atoms with Gasteiger partial charge < -0.3 is 15.5 Å². The van der Waals surface area contributed by atoms with Gasteiger partial charge in [0, 0.05) is 31.3 Å². The summed E-state index contributed by atoms with van der Waals surface area (Å²) in [6.45, 7) is 6.59. The van der Waals surface area contributed by atoms with E-state index in [-0.39, 0.29) is 6.10 Å². The van der Waals surface area contributed by atoms with Gasteiger partial charge >= 0.3 is 0 Å². The number of nitrogens with one attached hydrogen (secondary N) is 2. The van der Waals surface area contributed by atoms with Crippen molar-refractivity contribution in [2.75, 3.05) is 19.7 Å². The van der Waals surface area contributed by atoms with Crippen LogP contribution in [0, 0.1) is 11.3 Å². The molecule has 2 N–H and O–H groups in total. The Morgan fingerprint density at radius 1 is 1.58 bits per heavy atom. The topological polar surface area (TPSA) is 45.1 Å². The second-order valence-corrected chi connectivity index (χ2v) is 3.36. The Morgan fingerprint density at radius 2 is 2.33 bits per heavy atom. The van der Waals surface area contributed by atoms with Crippen molar-refractivity contribution in [1.29, 1.82) is 5.41 Å². The van der Waals surface area contributed by atoms with Crippen LogP contribution >= 0.6 is 0 Å². The molecule has 0 aromatic heterocycles. The van der Waals surface area contributed by atoms with Gasteiger partial charge in [0.15, 0.2) is 0 Å². The van der Waals surface area contributed by atoms with Crippen LogP contribution in [0.5, 0.6) is 0 Å². The van der Waals surface area contributed by atoms with Crippen molar-refractivity contribution >= 4 is 5.71 Å². The summed E-state index contributed by atoms with van der Waals surface area (Å²) in [5, 5.41) is 10.8. The summed E-state index contributed by atoms with van der Waals surface area (Å²) in [7, 11) is 0. The molecule has 0 saturated carbocycles. The molecular weight excluding hydrogens is 152 g/mol. The molecule has 2 atom stereocenters. The molecule has 1 aliphatic heterocycles. The van der Waals surface area contributed by atoms with E-state index in [0.29, 0.717) is 5.92 Å². The Balaban J connectivity index is 2.35. The minimum atomic E-state index is 0.238. The predicted octanol–water partition coefficient (Wildman–Crippen LogP) is 1.04. The molecule has 1 heterocycles. The van der Waals surface area contributed by atoms with Crippen LogP contribution in [0.4, 0.5) is 0 Å². The van der Waals surface area contributed by atoms with Crippen LogP contribution in [-0.2, 0) is 4.74 Å². The summed E-state index contributed by atoms with van der Waals surface area (Å²) < 4.78 is 5.62. The molecule has 0 aliphatic carbocycles. The molecule has 0 aromatic carbocycles. The van der Waals surface area contributed by atoms with Crippen molar-refractivity contribution in [2.24, 2.45) is 5.92 Å². The maximum Gasteiger partial charge on any atom is 0.0791 e. The highest BCUT2D eigenvalue weighted by molar-refractivity contribution is 5.82. The zero-order chi connectivity index (χ0) is 8.97. The normalized spacial score (nSPS) is 29.2. The van der Waals surface area contributed by atoms with Gasteiger partial charge in [-0.15, -0.1) is 0 Å². The predicted molar refractivity (Wildman–Crippen MR) is 49.8 cm³/mol. The molecule has 1 saturated heterocycles. The summed E-state index contributed by atoms with van der Waals surface area (Å²) in [6.07, 6.45) is 1.29. The standard InChI is InChI=1S/C9H18N2O/c1-3-4-12-9-6-11-5-8(9)7(2)10/h8-11H,3-6H2,1-2H3. The Morgan fingerprint density at radius 3 is 2.92 bits per heavy atom. The van der Waals surface area contributed by atoms with Crippen LogP contribution in [0.15, 0.2) is 0 Å². The molecule has 1 fully saturated rings. The van der Waals surface area contributed by atoms with E-state index in [9.17, 15) is 0 Å². The first-order valence-corrected chi connectivity index (χ1v) is 4.63. The van der Waals surface area contributed by atoms with Crippen molar-refractivity contribution in [3.8, 4) is 0 Å². The highest BCUT2D eigenvalue weighted by atomic mass is 16.5. The quantitative estimate of drug-likeness (QED) is 0.619. The average molecular weight is 170 g/mol. The van der Waals surface area contributed by atoms with Crippen LogP contribution in [0.3, 0.4) is 0 Å². The molecule has 70 valence electrons. The molecule has 0 aromatic rings. The molecule has 3 nitrogen and oxygen atoms in total. The molecule has 1 aliphatic rings. The van der Waals surface area contributed by atoms with E-state index >= 15 is 0 Å². The van der Waals surface area contributed by atoms with Crippen molar-refractivity contribution in [2.45, 2.75) is 26.4 Å². The number of hydrogen-bond donors (Lipinski definition) is 2. The fourth-order valence-electron chi connectivity index (χ4n) is 1.53. The van der Waals surface area contributed by atoms with Crippen LogP contribution in [0.2, 0.25) is 0 Å².